The molecule has 6 rings (SSSR count). The molecule has 0 atom stereocenters. The first-order valence-corrected chi connectivity index (χ1v) is 14.6. The number of fused-ring (bicyclic) bond motifs is 2. The van der Waals surface area contributed by atoms with E-state index < -0.39 is 0 Å². The summed E-state index contributed by atoms with van der Waals surface area (Å²) in [6.45, 7) is 4.54. The van der Waals surface area contributed by atoms with Crippen LogP contribution < -0.4 is 4.74 Å². The highest BCUT2D eigenvalue weighted by molar-refractivity contribution is 6.14. The van der Waals surface area contributed by atoms with Gasteiger partial charge in [-0.2, -0.15) is 0 Å². The SMILES string of the molecule is CCC1(CC)c2ccccc2Oc2ccc(-c3cccc(-c4cccc(C(=N)/C=C\C(=N)c5ccccc5)c4)c3)cc21. The van der Waals surface area contributed by atoms with E-state index in [4.69, 9.17) is 15.6 Å². The van der Waals surface area contributed by atoms with E-state index in [0.29, 0.717) is 11.4 Å². The smallest absolute Gasteiger partial charge is 0.131 e. The van der Waals surface area contributed by atoms with Crippen molar-refractivity contribution in [2.75, 3.05) is 0 Å². The van der Waals surface area contributed by atoms with E-state index in [0.717, 1.165) is 57.7 Å². The van der Waals surface area contributed by atoms with Gasteiger partial charge in [0.1, 0.15) is 11.5 Å². The molecule has 0 radical (unpaired) electrons. The molecule has 0 fully saturated rings. The van der Waals surface area contributed by atoms with E-state index in [1.165, 1.54) is 11.1 Å². The summed E-state index contributed by atoms with van der Waals surface area (Å²) in [5.41, 5.74) is 9.29. The van der Waals surface area contributed by atoms with Crippen molar-refractivity contribution in [2.45, 2.75) is 32.1 Å². The first-order chi connectivity index (χ1) is 20.5. The lowest BCUT2D eigenvalue weighted by atomic mass is 9.68. The molecule has 1 heterocycles. The quantitative estimate of drug-likeness (QED) is 0.187. The largest absolute Gasteiger partial charge is 0.457 e. The van der Waals surface area contributed by atoms with Crippen molar-refractivity contribution in [3.05, 3.63) is 156 Å². The van der Waals surface area contributed by atoms with Crippen LogP contribution in [0.4, 0.5) is 0 Å². The Kier molecular flexibility index (Phi) is 7.41. The van der Waals surface area contributed by atoms with Gasteiger partial charge in [-0.05, 0) is 88.7 Å². The van der Waals surface area contributed by atoms with Gasteiger partial charge in [-0.3, -0.25) is 0 Å². The minimum Gasteiger partial charge on any atom is -0.457 e. The van der Waals surface area contributed by atoms with Crippen molar-refractivity contribution in [1.29, 1.82) is 10.8 Å². The van der Waals surface area contributed by atoms with Gasteiger partial charge in [-0.25, -0.2) is 0 Å². The summed E-state index contributed by atoms with van der Waals surface area (Å²) in [5.74, 6) is 1.90. The van der Waals surface area contributed by atoms with Gasteiger partial charge in [0.25, 0.3) is 0 Å². The second-order valence-electron chi connectivity index (χ2n) is 10.8. The van der Waals surface area contributed by atoms with Crippen LogP contribution in [0.15, 0.2) is 133 Å². The maximum Gasteiger partial charge on any atom is 0.131 e. The highest BCUT2D eigenvalue weighted by Crippen LogP contribution is 2.52. The molecule has 5 aromatic carbocycles. The Morgan fingerprint density at radius 3 is 1.81 bits per heavy atom. The van der Waals surface area contributed by atoms with E-state index in [1.54, 1.807) is 12.2 Å². The molecule has 0 aliphatic carbocycles. The first-order valence-electron chi connectivity index (χ1n) is 14.6. The molecule has 0 unspecified atom stereocenters. The number of ether oxygens (including phenoxy) is 1. The molecule has 0 aromatic heterocycles. The average Bonchev–Trinajstić information content (AvgIpc) is 3.06. The summed E-state index contributed by atoms with van der Waals surface area (Å²) in [5, 5.41) is 17.0. The summed E-state index contributed by atoms with van der Waals surface area (Å²) >= 11 is 0. The number of benzene rings is 5. The zero-order chi connectivity index (χ0) is 29.1. The van der Waals surface area contributed by atoms with E-state index in [9.17, 15) is 0 Å². The van der Waals surface area contributed by atoms with Crippen molar-refractivity contribution in [1.82, 2.24) is 0 Å². The fraction of sp³-hybridized carbons (Fsp3) is 0.128. The van der Waals surface area contributed by atoms with Crippen LogP contribution in [0.2, 0.25) is 0 Å². The molecule has 5 aromatic rings. The van der Waals surface area contributed by atoms with Crippen molar-refractivity contribution in [2.24, 2.45) is 0 Å². The van der Waals surface area contributed by atoms with Gasteiger partial charge in [-0.15, -0.1) is 0 Å². The highest BCUT2D eigenvalue weighted by Gasteiger charge is 2.39. The van der Waals surface area contributed by atoms with Gasteiger partial charge in [0.05, 0.1) is 11.4 Å². The molecule has 206 valence electrons. The maximum absolute atomic E-state index is 8.64. The van der Waals surface area contributed by atoms with Crippen LogP contribution in [-0.2, 0) is 5.41 Å². The summed E-state index contributed by atoms with van der Waals surface area (Å²) in [6.07, 6.45) is 5.39. The Hall–Kier alpha value is -5.02. The second kappa shape index (κ2) is 11.5. The third-order valence-electron chi connectivity index (χ3n) is 8.53. The molecule has 0 saturated carbocycles. The molecular formula is C39H34N2O. The molecular weight excluding hydrogens is 512 g/mol. The Bertz CT molecular complexity index is 1810. The molecule has 42 heavy (non-hydrogen) atoms. The van der Waals surface area contributed by atoms with Crippen LogP contribution in [0.1, 0.15) is 48.9 Å². The fourth-order valence-corrected chi connectivity index (χ4v) is 6.12. The van der Waals surface area contributed by atoms with Crippen LogP contribution in [0.25, 0.3) is 22.3 Å². The van der Waals surface area contributed by atoms with E-state index in [1.807, 2.05) is 48.5 Å². The fourth-order valence-electron chi connectivity index (χ4n) is 6.12. The van der Waals surface area contributed by atoms with Gasteiger partial charge in [0.15, 0.2) is 0 Å². The third-order valence-corrected chi connectivity index (χ3v) is 8.53. The highest BCUT2D eigenvalue weighted by atomic mass is 16.5. The minimum atomic E-state index is -0.0864. The van der Waals surface area contributed by atoms with E-state index in [-0.39, 0.29) is 5.41 Å². The van der Waals surface area contributed by atoms with E-state index in [2.05, 4.69) is 86.6 Å². The minimum absolute atomic E-state index is 0.0864. The lowest BCUT2D eigenvalue weighted by Crippen LogP contribution is -2.30. The second-order valence-corrected chi connectivity index (χ2v) is 10.8. The number of allylic oxidation sites excluding steroid dienone is 2. The Balaban J connectivity index is 1.30. The van der Waals surface area contributed by atoms with Gasteiger partial charge in [0, 0.05) is 16.5 Å². The average molecular weight is 547 g/mol. The number of nitrogens with one attached hydrogen (secondary N) is 2. The normalized spacial score (nSPS) is 13.2. The number of hydrogen-bond donors (Lipinski definition) is 2. The summed E-state index contributed by atoms with van der Waals surface area (Å²) in [7, 11) is 0. The first kappa shape index (κ1) is 27.2. The predicted molar refractivity (Wildman–Crippen MR) is 174 cm³/mol. The third kappa shape index (κ3) is 4.99. The van der Waals surface area contributed by atoms with Crippen LogP contribution >= 0.6 is 0 Å². The number of rotatable bonds is 8. The zero-order valence-corrected chi connectivity index (χ0v) is 24.0. The van der Waals surface area contributed by atoms with Crippen molar-refractivity contribution in [3.63, 3.8) is 0 Å². The maximum atomic E-state index is 8.64. The molecule has 0 spiro atoms. The predicted octanol–water partition coefficient (Wildman–Crippen LogP) is 10.2. The zero-order valence-electron chi connectivity index (χ0n) is 24.0. The molecule has 0 bridgehead atoms. The number of hydrogen-bond acceptors (Lipinski definition) is 3. The molecule has 0 amide bonds. The molecule has 0 saturated heterocycles. The van der Waals surface area contributed by atoms with Crippen molar-refractivity contribution in [3.8, 4) is 33.8 Å². The summed E-state index contributed by atoms with van der Waals surface area (Å²) in [6, 6.07) is 41.3. The molecule has 1 aliphatic heterocycles. The molecule has 3 heteroatoms. The van der Waals surface area contributed by atoms with Crippen LogP contribution in [0.5, 0.6) is 11.5 Å². The van der Waals surface area contributed by atoms with Crippen molar-refractivity contribution >= 4 is 11.4 Å². The van der Waals surface area contributed by atoms with Crippen LogP contribution in [0.3, 0.4) is 0 Å². The summed E-state index contributed by atoms with van der Waals surface area (Å²) in [4.78, 5) is 0. The lowest BCUT2D eigenvalue weighted by Gasteiger charge is -2.39. The number of para-hydroxylation sites is 1. The van der Waals surface area contributed by atoms with Crippen LogP contribution in [0, 0.1) is 10.8 Å². The van der Waals surface area contributed by atoms with Gasteiger partial charge in [-0.1, -0.05) is 105 Å². The van der Waals surface area contributed by atoms with Gasteiger partial charge < -0.3 is 15.6 Å². The lowest BCUT2D eigenvalue weighted by molar-refractivity contribution is 0.375. The van der Waals surface area contributed by atoms with Crippen LogP contribution in [-0.4, -0.2) is 11.4 Å². The molecule has 1 aliphatic rings. The van der Waals surface area contributed by atoms with Gasteiger partial charge in [0.2, 0.25) is 0 Å². The van der Waals surface area contributed by atoms with Crippen molar-refractivity contribution < 1.29 is 4.74 Å². The molecule has 2 N–H and O–H groups in total. The topological polar surface area (TPSA) is 56.9 Å². The Morgan fingerprint density at radius 1 is 0.548 bits per heavy atom. The monoisotopic (exact) mass is 546 g/mol. The standard InChI is InChI=1S/C39H34N2O/c1-3-39(4-2)33-18-8-9-19-37(33)42-38-23-20-31(26-34(38)39)29-15-10-14-28(24-29)30-16-11-17-32(25-30)36(41)22-21-35(40)27-12-6-5-7-13-27/h5-26,40-41H,3-4H2,1-2H3/b22-21-,40-35?,41-36?. The Morgan fingerprint density at radius 2 is 1.10 bits per heavy atom. The van der Waals surface area contributed by atoms with Gasteiger partial charge >= 0.3 is 0 Å². The summed E-state index contributed by atoms with van der Waals surface area (Å²) < 4.78 is 6.38. The Labute approximate surface area is 248 Å². The molecule has 3 nitrogen and oxygen atoms in total. The van der Waals surface area contributed by atoms with E-state index >= 15 is 0 Å².